The molecule has 1 amide bonds. The highest BCUT2D eigenvalue weighted by Crippen LogP contribution is 2.19. The maximum absolute atomic E-state index is 11.5. The molecule has 0 aliphatic carbocycles. The van der Waals surface area contributed by atoms with E-state index in [2.05, 4.69) is 24.4 Å². The first-order chi connectivity index (χ1) is 7.29. The molecule has 1 unspecified atom stereocenters. The van der Waals surface area contributed by atoms with Gasteiger partial charge in [-0.1, -0.05) is 46.0 Å². The van der Waals surface area contributed by atoms with Crippen LogP contribution in [0.15, 0.2) is 5.10 Å². The van der Waals surface area contributed by atoms with Crippen LogP contribution in [0, 0.1) is 5.92 Å². The van der Waals surface area contributed by atoms with Gasteiger partial charge in [0.05, 0.1) is 11.6 Å². The zero-order valence-corrected chi connectivity index (χ0v) is 9.88. The quantitative estimate of drug-likeness (QED) is 0.645. The fourth-order valence-electron chi connectivity index (χ4n) is 1.99. The minimum atomic E-state index is 0.0711. The maximum Gasteiger partial charge on any atom is 0.248 e. The van der Waals surface area contributed by atoms with Crippen LogP contribution in [0.1, 0.15) is 58.8 Å². The standard InChI is InChI=1S/C12H22N2O/c1-3-5-6-7-9-10-11(8-4-2)13-14-12(10)15/h10H,3-9H2,1-2H3,(H,14,15). The second kappa shape index (κ2) is 6.59. The van der Waals surface area contributed by atoms with Crippen LogP contribution < -0.4 is 5.43 Å². The van der Waals surface area contributed by atoms with Gasteiger partial charge in [0.1, 0.15) is 0 Å². The van der Waals surface area contributed by atoms with Crippen LogP contribution in [-0.2, 0) is 4.79 Å². The van der Waals surface area contributed by atoms with E-state index < -0.39 is 0 Å². The number of hydrazone groups is 1. The molecular formula is C12H22N2O. The molecule has 0 bridgehead atoms. The van der Waals surface area contributed by atoms with Crippen molar-refractivity contribution in [3.8, 4) is 0 Å². The Morgan fingerprint density at radius 3 is 2.67 bits per heavy atom. The molecule has 1 aliphatic heterocycles. The molecule has 0 radical (unpaired) electrons. The van der Waals surface area contributed by atoms with Crippen molar-refractivity contribution in [2.45, 2.75) is 58.8 Å². The van der Waals surface area contributed by atoms with E-state index >= 15 is 0 Å². The third-order valence-corrected chi connectivity index (χ3v) is 2.88. The molecule has 3 heteroatoms. The maximum atomic E-state index is 11.5. The van der Waals surface area contributed by atoms with Gasteiger partial charge in [-0.2, -0.15) is 5.10 Å². The Kier molecular flexibility index (Phi) is 5.37. The van der Waals surface area contributed by atoms with Gasteiger partial charge in [-0.05, 0) is 12.8 Å². The lowest BCUT2D eigenvalue weighted by Crippen LogP contribution is -2.23. The summed E-state index contributed by atoms with van der Waals surface area (Å²) in [5.41, 5.74) is 3.66. The van der Waals surface area contributed by atoms with E-state index in [9.17, 15) is 4.79 Å². The van der Waals surface area contributed by atoms with E-state index in [1.165, 1.54) is 19.3 Å². The summed E-state index contributed by atoms with van der Waals surface area (Å²) in [6.07, 6.45) is 7.90. The normalized spacial score (nSPS) is 20.3. The molecule has 0 spiro atoms. The topological polar surface area (TPSA) is 41.5 Å². The second-order valence-electron chi connectivity index (χ2n) is 4.23. The number of hydrogen-bond donors (Lipinski definition) is 1. The predicted octanol–water partition coefficient (Wildman–Crippen LogP) is 2.86. The van der Waals surface area contributed by atoms with Gasteiger partial charge in [0.15, 0.2) is 0 Å². The Labute approximate surface area is 92.3 Å². The number of nitrogens with one attached hydrogen (secondary N) is 1. The number of carbonyl (C=O) groups is 1. The average molecular weight is 210 g/mol. The second-order valence-corrected chi connectivity index (χ2v) is 4.23. The lowest BCUT2D eigenvalue weighted by molar-refractivity contribution is -0.122. The fourth-order valence-corrected chi connectivity index (χ4v) is 1.99. The zero-order chi connectivity index (χ0) is 11.1. The number of hydrogen-bond acceptors (Lipinski definition) is 2. The van der Waals surface area contributed by atoms with Crippen molar-refractivity contribution in [2.24, 2.45) is 11.0 Å². The van der Waals surface area contributed by atoms with Gasteiger partial charge < -0.3 is 0 Å². The molecule has 1 heterocycles. The Morgan fingerprint density at radius 2 is 2.00 bits per heavy atom. The molecule has 86 valence electrons. The smallest absolute Gasteiger partial charge is 0.248 e. The average Bonchev–Trinajstić information content (AvgIpc) is 2.56. The summed E-state index contributed by atoms with van der Waals surface area (Å²) in [6, 6.07) is 0. The Morgan fingerprint density at radius 1 is 1.20 bits per heavy atom. The lowest BCUT2D eigenvalue weighted by Gasteiger charge is -2.09. The van der Waals surface area contributed by atoms with Crippen molar-refractivity contribution in [1.82, 2.24) is 5.43 Å². The van der Waals surface area contributed by atoms with Crippen molar-refractivity contribution in [2.75, 3.05) is 0 Å². The number of carbonyl (C=O) groups excluding carboxylic acids is 1. The number of rotatable bonds is 7. The largest absolute Gasteiger partial charge is 0.272 e. The van der Waals surface area contributed by atoms with Crippen LogP contribution in [-0.4, -0.2) is 11.6 Å². The Balaban J connectivity index is 2.31. The molecule has 1 rings (SSSR count). The number of nitrogens with zero attached hydrogens (tertiary/aromatic N) is 1. The summed E-state index contributed by atoms with van der Waals surface area (Å²) >= 11 is 0. The molecule has 1 aliphatic rings. The summed E-state index contributed by atoms with van der Waals surface area (Å²) in [5.74, 6) is 0.178. The first-order valence-electron chi connectivity index (χ1n) is 6.15. The molecule has 0 fully saturated rings. The van der Waals surface area contributed by atoms with E-state index in [1.54, 1.807) is 0 Å². The van der Waals surface area contributed by atoms with E-state index in [0.29, 0.717) is 0 Å². The molecule has 0 saturated carbocycles. The lowest BCUT2D eigenvalue weighted by atomic mass is 9.93. The molecule has 1 atom stereocenters. The van der Waals surface area contributed by atoms with Gasteiger partial charge in [0, 0.05) is 0 Å². The molecule has 3 nitrogen and oxygen atoms in total. The highest BCUT2D eigenvalue weighted by atomic mass is 16.2. The molecule has 0 aromatic rings. The monoisotopic (exact) mass is 210 g/mol. The molecule has 15 heavy (non-hydrogen) atoms. The third kappa shape index (κ3) is 3.65. The van der Waals surface area contributed by atoms with Gasteiger partial charge in [-0.15, -0.1) is 0 Å². The Hall–Kier alpha value is -0.860. The van der Waals surface area contributed by atoms with E-state index in [0.717, 1.165) is 31.4 Å². The van der Waals surface area contributed by atoms with Crippen LogP contribution in [0.25, 0.3) is 0 Å². The minimum Gasteiger partial charge on any atom is -0.272 e. The predicted molar refractivity (Wildman–Crippen MR) is 62.7 cm³/mol. The van der Waals surface area contributed by atoms with Crippen molar-refractivity contribution in [3.05, 3.63) is 0 Å². The summed E-state index contributed by atoms with van der Waals surface area (Å²) in [5, 5.41) is 4.10. The van der Waals surface area contributed by atoms with E-state index in [4.69, 9.17) is 0 Å². The van der Waals surface area contributed by atoms with Gasteiger partial charge in [-0.25, -0.2) is 5.43 Å². The van der Waals surface area contributed by atoms with Gasteiger partial charge in [-0.3, -0.25) is 4.79 Å². The SMILES string of the molecule is CCCCCCC1C(=O)NN=C1CCC. The molecule has 0 aromatic heterocycles. The first-order valence-corrected chi connectivity index (χ1v) is 6.15. The van der Waals surface area contributed by atoms with Crippen LogP contribution in [0.3, 0.4) is 0 Å². The Bertz CT molecular complexity index is 236. The molecule has 0 saturated heterocycles. The van der Waals surface area contributed by atoms with Crippen molar-refractivity contribution in [3.63, 3.8) is 0 Å². The fraction of sp³-hybridized carbons (Fsp3) is 0.833. The molecule has 1 N–H and O–H groups in total. The van der Waals surface area contributed by atoms with E-state index in [-0.39, 0.29) is 11.8 Å². The summed E-state index contributed by atoms with van der Waals surface area (Å²) in [6.45, 7) is 4.33. The molecule has 0 aromatic carbocycles. The summed E-state index contributed by atoms with van der Waals surface area (Å²) < 4.78 is 0. The van der Waals surface area contributed by atoms with Crippen molar-refractivity contribution >= 4 is 11.6 Å². The van der Waals surface area contributed by atoms with Gasteiger partial charge in [0.2, 0.25) is 5.91 Å². The van der Waals surface area contributed by atoms with Crippen LogP contribution in [0.5, 0.6) is 0 Å². The van der Waals surface area contributed by atoms with Crippen LogP contribution >= 0.6 is 0 Å². The van der Waals surface area contributed by atoms with Crippen molar-refractivity contribution < 1.29 is 4.79 Å². The number of amides is 1. The number of unbranched alkanes of at least 4 members (excludes halogenated alkanes) is 3. The molecular weight excluding hydrogens is 188 g/mol. The minimum absolute atomic E-state index is 0.0711. The van der Waals surface area contributed by atoms with Crippen molar-refractivity contribution in [1.29, 1.82) is 0 Å². The van der Waals surface area contributed by atoms with E-state index in [1.807, 2.05) is 0 Å². The first kappa shape index (κ1) is 12.2. The van der Waals surface area contributed by atoms with Crippen LogP contribution in [0.4, 0.5) is 0 Å². The highest BCUT2D eigenvalue weighted by Gasteiger charge is 2.28. The van der Waals surface area contributed by atoms with Crippen LogP contribution in [0.2, 0.25) is 0 Å². The zero-order valence-electron chi connectivity index (χ0n) is 9.88. The third-order valence-electron chi connectivity index (χ3n) is 2.88. The summed E-state index contributed by atoms with van der Waals surface area (Å²) in [7, 11) is 0. The van der Waals surface area contributed by atoms with Gasteiger partial charge >= 0.3 is 0 Å². The summed E-state index contributed by atoms with van der Waals surface area (Å²) in [4.78, 5) is 11.5. The van der Waals surface area contributed by atoms with Gasteiger partial charge in [0.25, 0.3) is 0 Å². The highest BCUT2D eigenvalue weighted by molar-refractivity contribution is 6.07.